The quantitative estimate of drug-likeness (QED) is 0.724. The van der Waals surface area contributed by atoms with Gasteiger partial charge < -0.3 is 10.2 Å². The first-order valence-electron chi connectivity index (χ1n) is 4.06. The molecule has 1 atom stereocenters. The van der Waals surface area contributed by atoms with Crippen LogP contribution in [0.4, 0.5) is 18.0 Å². The minimum Gasteiger partial charge on any atom is -0.320 e. The van der Waals surface area contributed by atoms with Crippen LogP contribution >= 0.6 is 0 Å². The fraction of sp³-hybridized carbons (Fsp3) is 0.500. The number of nitrogens with zero attached hydrogens (tertiary/aromatic N) is 2. The van der Waals surface area contributed by atoms with E-state index in [0.29, 0.717) is 0 Å². The Kier molecular flexibility index (Phi) is 2.88. The number of carbonyl (C=O) groups is 1. The second-order valence-corrected chi connectivity index (χ2v) is 3.05. The summed E-state index contributed by atoms with van der Waals surface area (Å²) in [6, 6.07) is 0.0374. The van der Waals surface area contributed by atoms with Crippen LogP contribution in [0.1, 0.15) is 6.42 Å². The molecule has 4 nitrogen and oxygen atoms in total. The van der Waals surface area contributed by atoms with Gasteiger partial charge in [-0.1, -0.05) is 0 Å². The van der Waals surface area contributed by atoms with E-state index in [2.05, 4.69) is 0 Å². The molecule has 1 rings (SSSR count). The van der Waals surface area contributed by atoms with E-state index in [9.17, 15) is 18.0 Å². The van der Waals surface area contributed by atoms with Crippen molar-refractivity contribution >= 4 is 6.03 Å². The Balaban J connectivity index is 2.97. The second-order valence-electron chi connectivity index (χ2n) is 3.05. The number of urea groups is 1. The molecule has 0 radical (unpaired) electrons. The largest absolute Gasteiger partial charge is 0.431 e. The van der Waals surface area contributed by atoms with E-state index < -0.39 is 23.9 Å². The van der Waals surface area contributed by atoms with Crippen molar-refractivity contribution in [3.8, 4) is 6.07 Å². The van der Waals surface area contributed by atoms with Gasteiger partial charge in [-0.25, -0.2) is 4.79 Å². The fourth-order valence-corrected chi connectivity index (χ4v) is 1.15. The van der Waals surface area contributed by atoms with Crippen molar-refractivity contribution in [2.75, 3.05) is 7.05 Å². The molecular weight excluding hydrogens is 211 g/mol. The highest BCUT2D eigenvalue weighted by Crippen LogP contribution is 2.27. The third-order valence-electron chi connectivity index (χ3n) is 2.02. The number of rotatable bonds is 1. The first kappa shape index (κ1) is 11.4. The van der Waals surface area contributed by atoms with Crippen molar-refractivity contribution in [1.82, 2.24) is 10.2 Å². The zero-order valence-corrected chi connectivity index (χ0v) is 7.80. The van der Waals surface area contributed by atoms with Crippen molar-refractivity contribution < 1.29 is 18.0 Å². The number of hydrogen-bond donors (Lipinski definition) is 1. The summed E-state index contributed by atoms with van der Waals surface area (Å²) in [5, 5.41) is 10.1. The summed E-state index contributed by atoms with van der Waals surface area (Å²) in [6.45, 7) is 0. The van der Waals surface area contributed by atoms with Crippen LogP contribution in [0.2, 0.25) is 0 Å². The Hall–Kier alpha value is -1.71. The van der Waals surface area contributed by atoms with Crippen LogP contribution in [-0.4, -0.2) is 30.2 Å². The average Bonchev–Trinajstić information content (AvgIpc) is 2.11. The van der Waals surface area contributed by atoms with Crippen molar-refractivity contribution in [3.05, 3.63) is 11.8 Å². The molecule has 0 aromatic heterocycles. The summed E-state index contributed by atoms with van der Waals surface area (Å²) in [4.78, 5) is 12.2. The molecule has 0 saturated heterocycles. The summed E-state index contributed by atoms with van der Waals surface area (Å²) in [5.74, 6) is 0. The molecule has 1 aliphatic rings. The van der Waals surface area contributed by atoms with Crippen LogP contribution in [0, 0.1) is 11.3 Å². The van der Waals surface area contributed by atoms with Gasteiger partial charge in [0.05, 0.1) is 18.5 Å². The van der Waals surface area contributed by atoms with Gasteiger partial charge in [0, 0.05) is 7.05 Å². The Morgan fingerprint density at radius 2 is 2.27 bits per heavy atom. The molecule has 0 fully saturated rings. The van der Waals surface area contributed by atoms with Crippen molar-refractivity contribution in [2.45, 2.75) is 18.6 Å². The van der Waals surface area contributed by atoms with Gasteiger partial charge >= 0.3 is 12.2 Å². The highest BCUT2D eigenvalue weighted by atomic mass is 19.4. The van der Waals surface area contributed by atoms with E-state index in [0.717, 1.165) is 11.0 Å². The predicted octanol–water partition coefficient (Wildman–Crippen LogP) is 1.37. The maximum atomic E-state index is 12.3. The Morgan fingerprint density at radius 3 is 2.73 bits per heavy atom. The van der Waals surface area contributed by atoms with E-state index in [1.54, 1.807) is 11.4 Å². The van der Waals surface area contributed by atoms with Crippen molar-refractivity contribution in [2.24, 2.45) is 0 Å². The minimum absolute atomic E-state index is 0.163. The summed E-state index contributed by atoms with van der Waals surface area (Å²) in [7, 11) is 1.33. The van der Waals surface area contributed by atoms with Gasteiger partial charge in [-0.3, -0.25) is 0 Å². The maximum absolute atomic E-state index is 12.3. The van der Waals surface area contributed by atoms with Crippen LogP contribution in [0.15, 0.2) is 11.8 Å². The number of nitrogens with one attached hydrogen (secondary N) is 1. The van der Waals surface area contributed by atoms with Gasteiger partial charge in [-0.15, -0.1) is 0 Å². The normalized spacial score (nSPS) is 21.8. The number of hydrogen-bond acceptors (Lipinski definition) is 2. The molecule has 0 bridgehead atoms. The highest BCUT2D eigenvalue weighted by molar-refractivity contribution is 5.78. The second kappa shape index (κ2) is 3.81. The molecule has 2 amide bonds. The lowest BCUT2D eigenvalue weighted by molar-refractivity contribution is -0.0973. The van der Waals surface area contributed by atoms with E-state index >= 15 is 0 Å². The lowest BCUT2D eigenvalue weighted by Crippen LogP contribution is -2.49. The number of carbonyl (C=O) groups excluding carboxylic acids is 1. The zero-order chi connectivity index (χ0) is 11.6. The lowest BCUT2D eigenvalue weighted by atomic mass is 10.1. The molecule has 1 unspecified atom stereocenters. The highest BCUT2D eigenvalue weighted by Gasteiger charge is 2.39. The smallest absolute Gasteiger partial charge is 0.320 e. The first-order valence-corrected chi connectivity index (χ1v) is 4.06. The molecular formula is C8H8F3N3O. The molecule has 0 spiro atoms. The van der Waals surface area contributed by atoms with Gasteiger partial charge in [-0.2, -0.15) is 18.4 Å². The predicted molar refractivity (Wildman–Crippen MR) is 44.5 cm³/mol. The molecule has 0 aromatic carbocycles. The lowest BCUT2D eigenvalue weighted by Gasteiger charge is -2.30. The average molecular weight is 219 g/mol. The molecule has 7 heteroatoms. The first-order chi connectivity index (χ1) is 6.86. The van der Waals surface area contributed by atoms with E-state index in [-0.39, 0.29) is 6.42 Å². The number of halogens is 3. The topological polar surface area (TPSA) is 56.1 Å². The van der Waals surface area contributed by atoms with Gasteiger partial charge in [0.1, 0.15) is 5.70 Å². The van der Waals surface area contributed by atoms with E-state index in [1.165, 1.54) is 7.05 Å². The molecule has 1 heterocycles. The molecule has 1 aliphatic heterocycles. The zero-order valence-electron chi connectivity index (χ0n) is 7.80. The minimum atomic E-state index is -4.59. The summed E-state index contributed by atoms with van der Waals surface area (Å²) < 4.78 is 36.8. The van der Waals surface area contributed by atoms with Crippen LogP contribution < -0.4 is 5.32 Å². The maximum Gasteiger partial charge on any atom is 0.431 e. The van der Waals surface area contributed by atoms with Crippen LogP contribution in [0.25, 0.3) is 0 Å². The van der Waals surface area contributed by atoms with Crippen LogP contribution in [0.3, 0.4) is 0 Å². The Morgan fingerprint density at radius 1 is 1.67 bits per heavy atom. The molecule has 0 aliphatic carbocycles. The van der Waals surface area contributed by atoms with Gasteiger partial charge in [-0.05, 0) is 6.08 Å². The van der Waals surface area contributed by atoms with Crippen LogP contribution in [0.5, 0.6) is 0 Å². The van der Waals surface area contributed by atoms with Crippen molar-refractivity contribution in [3.63, 3.8) is 0 Å². The van der Waals surface area contributed by atoms with Gasteiger partial charge in [0.25, 0.3) is 0 Å². The molecule has 0 saturated carbocycles. The number of amides is 2. The molecule has 0 aromatic rings. The molecule has 82 valence electrons. The number of allylic oxidation sites excluding steroid dienone is 1. The number of alkyl halides is 3. The number of likely N-dealkylation sites (N-methyl/N-ethyl adjacent to an activating group) is 1. The third-order valence-corrected chi connectivity index (χ3v) is 2.02. The van der Waals surface area contributed by atoms with Gasteiger partial charge in [0.15, 0.2) is 0 Å². The van der Waals surface area contributed by atoms with E-state index in [1.807, 2.05) is 0 Å². The SMILES string of the molecule is CN1C(=O)NC(C(F)(F)F)=CC1CC#N. The summed E-state index contributed by atoms with van der Waals surface area (Å²) in [5.41, 5.74) is -1.11. The number of nitriles is 1. The van der Waals surface area contributed by atoms with E-state index in [4.69, 9.17) is 5.26 Å². The van der Waals surface area contributed by atoms with Crippen molar-refractivity contribution in [1.29, 1.82) is 5.26 Å². The molecule has 15 heavy (non-hydrogen) atoms. The monoisotopic (exact) mass is 219 g/mol. The fourth-order valence-electron chi connectivity index (χ4n) is 1.15. The molecule has 1 N–H and O–H groups in total. The Labute approximate surface area is 84.0 Å². The summed E-state index contributed by atoms with van der Waals surface area (Å²) >= 11 is 0. The summed E-state index contributed by atoms with van der Waals surface area (Å²) in [6.07, 6.45) is -3.92. The third kappa shape index (κ3) is 2.40. The van der Waals surface area contributed by atoms with Crippen LogP contribution in [-0.2, 0) is 0 Å². The standard InChI is InChI=1S/C8H8F3N3O/c1-14-5(2-3-12)4-6(8(9,10)11)13-7(14)15/h4-5H,2H2,1H3,(H,13,15). The van der Waals surface area contributed by atoms with Gasteiger partial charge in [0.2, 0.25) is 0 Å². The Bertz CT molecular complexity index is 342.